The molecule has 0 bridgehead atoms. The van der Waals surface area contributed by atoms with Crippen molar-refractivity contribution in [2.24, 2.45) is 0 Å². The van der Waals surface area contributed by atoms with E-state index in [1.165, 1.54) is 14.0 Å². The maximum atomic E-state index is 11.6. The fourth-order valence-electron chi connectivity index (χ4n) is 1.84. The van der Waals surface area contributed by atoms with Crippen LogP contribution in [0.5, 0.6) is 0 Å². The zero-order valence-electron chi connectivity index (χ0n) is 12.3. The molecule has 2 N–H and O–H groups in total. The van der Waals surface area contributed by atoms with E-state index >= 15 is 0 Å². The molecule has 6 nitrogen and oxygen atoms in total. The first kappa shape index (κ1) is 16.7. The summed E-state index contributed by atoms with van der Waals surface area (Å²) >= 11 is 0. The number of carbonyl (C=O) groups is 2. The lowest BCUT2D eigenvalue weighted by Crippen LogP contribution is -2.47. The van der Waals surface area contributed by atoms with Gasteiger partial charge in [-0.15, -0.1) is 0 Å². The van der Waals surface area contributed by atoms with Gasteiger partial charge in [0.05, 0.1) is 18.7 Å². The average molecular weight is 289 g/mol. The number of nitriles is 1. The standard InChI is InChI=1S/C15H19N3O3/c1-10(13-6-4-12(8-16)5-7-13)17-9-14(15(20)21-3)18-11(2)19/h4-7,10,14,17H,9H2,1-3H3,(H,18,19). The highest BCUT2D eigenvalue weighted by atomic mass is 16.5. The summed E-state index contributed by atoms with van der Waals surface area (Å²) in [7, 11) is 1.28. The molecule has 0 saturated heterocycles. The van der Waals surface area contributed by atoms with Gasteiger partial charge in [-0.05, 0) is 24.6 Å². The van der Waals surface area contributed by atoms with Crippen molar-refractivity contribution in [1.29, 1.82) is 5.26 Å². The van der Waals surface area contributed by atoms with E-state index in [9.17, 15) is 9.59 Å². The van der Waals surface area contributed by atoms with Crippen molar-refractivity contribution in [2.45, 2.75) is 25.9 Å². The zero-order valence-corrected chi connectivity index (χ0v) is 12.3. The van der Waals surface area contributed by atoms with Crippen LogP contribution in [0, 0.1) is 11.3 Å². The van der Waals surface area contributed by atoms with Gasteiger partial charge in [0.25, 0.3) is 0 Å². The van der Waals surface area contributed by atoms with Crippen LogP contribution in [0.15, 0.2) is 24.3 Å². The number of nitrogens with zero attached hydrogens (tertiary/aromatic N) is 1. The molecule has 0 aliphatic heterocycles. The van der Waals surface area contributed by atoms with E-state index in [1.807, 2.05) is 19.1 Å². The fraction of sp³-hybridized carbons (Fsp3) is 0.400. The lowest BCUT2D eigenvalue weighted by molar-refractivity contribution is -0.144. The second-order valence-electron chi connectivity index (χ2n) is 4.64. The minimum Gasteiger partial charge on any atom is -0.467 e. The number of amides is 1. The van der Waals surface area contributed by atoms with Crippen molar-refractivity contribution in [1.82, 2.24) is 10.6 Å². The van der Waals surface area contributed by atoms with Crippen molar-refractivity contribution < 1.29 is 14.3 Å². The first-order chi connectivity index (χ1) is 9.97. The number of hydrogen-bond acceptors (Lipinski definition) is 5. The molecule has 0 aromatic heterocycles. The molecule has 1 aromatic carbocycles. The van der Waals surface area contributed by atoms with E-state index in [1.54, 1.807) is 12.1 Å². The Kier molecular flexibility index (Phi) is 6.37. The summed E-state index contributed by atoms with van der Waals surface area (Å²) in [6.45, 7) is 3.54. The highest BCUT2D eigenvalue weighted by Gasteiger charge is 2.20. The smallest absolute Gasteiger partial charge is 0.329 e. The monoisotopic (exact) mass is 289 g/mol. The fourth-order valence-corrected chi connectivity index (χ4v) is 1.84. The van der Waals surface area contributed by atoms with Crippen LogP contribution < -0.4 is 10.6 Å². The summed E-state index contributed by atoms with van der Waals surface area (Å²) in [5.41, 5.74) is 1.58. The topological polar surface area (TPSA) is 91.2 Å². The minimum atomic E-state index is -0.728. The van der Waals surface area contributed by atoms with Crippen molar-refractivity contribution in [2.75, 3.05) is 13.7 Å². The average Bonchev–Trinajstić information content (AvgIpc) is 2.50. The Morgan fingerprint density at radius 3 is 2.43 bits per heavy atom. The molecule has 2 atom stereocenters. The Morgan fingerprint density at radius 1 is 1.33 bits per heavy atom. The highest BCUT2D eigenvalue weighted by molar-refractivity contribution is 5.83. The summed E-state index contributed by atoms with van der Waals surface area (Å²) < 4.78 is 4.65. The Labute approximate surface area is 124 Å². The quantitative estimate of drug-likeness (QED) is 0.759. The molecule has 1 amide bonds. The molecule has 2 unspecified atom stereocenters. The maximum absolute atomic E-state index is 11.6. The van der Waals surface area contributed by atoms with Crippen molar-refractivity contribution in [3.63, 3.8) is 0 Å². The van der Waals surface area contributed by atoms with Gasteiger partial charge in [-0.2, -0.15) is 5.26 Å². The SMILES string of the molecule is COC(=O)C(CNC(C)c1ccc(C#N)cc1)NC(C)=O. The van der Waals surface area contributed by atoms with Crippen LogP contribution in [0.2, 0.25) is 0 Å². The molecule has 0 saturated carbocycles. The van der Waals surface area contributed by atoms with Gasteiger partial charge in [0.1, 0.15) is 6.04 Å². The number of carbonyl (C=O) groups excluding carboxylic acids is 2. The summed E-state index contributed by atoms with van der Waals surface area (Å²) in [6.07, 6.45) is 0. The molecule has 0 aliphatic rings. The molecule has 6 heteroatoms. The van der Waals surface area contributed by atoms with Crippen molar-refractivity contribution in [3.8, 4) is 6.07 Å². The largest absolute Gasteiger partial charge is 0.467 e. The number of methoxy groups -OCH3 is 1. The van der Waals surface area contributed by atoms with Gasteiger partial charge >= 0.3 is 5.97 Å². The molecule has 0 radical (unpaired) electrons. The molecule has 1 aromatic rings. The highest BCUT2D eigenvalue weighted by Crippen LogP contribution is 2.13. The first-order valence-electron chi connectivity index (χ1n) is 6.56. The lowest BCUT2D eigenvalue weighted by Gasteiger charge is -2.20. The molecule has 0 aliphatic carbocycles. The van der Waals surface area contributed by atoms with Crippen LogP contribution in [-0.4, -0.2) is 31.6 Å². The van der Waals surface area contributed by atoms with Gasteiger partial charge in [0.2, 0.25) is 5.91 Å². The number of benzene rings is 1. The predicted octanol–water partition coefficient (Wildman–Crippen LogP) is 0.887. The van der Waals surface area contributed by atoms with E-state index in [2.05, 4.69) is 21.4 Å². The van der Waals surface area contributed by atoms with E-state index in [-0.39, 0.29) is 18.5 Å². The number of rotatable bonds is 6. The van der Waals surface area contributed by atoms with Gasteiger partial charge in [0.15, 0.2) is 0 Å². The van der Waals surface area contributed by atoms with Gasteiger partial charge in [-0.25, -0.2) is 4.79 Å². The van der Waals surface area contributed by atoms with Crippen molar-refractivity contribution >= 4 is 11.9 Å². The van der Waals surface area contributed by atoms with E-state index in [0.29, 0.717) is 5.56 Å². The van der Waals surface area contributed by atoms with Gasteiger partial charge < -0.3 is 15.4 Å². The molecule has 112 valence electrons. The first-order valence-corrected chi connectivity index (χ1v) is 6.56. The number of esters is 1. The molecule has 21 heavy (non-hydrogen) atoms. The third kappa shape index (κ3) is 5.24. The Balaban J connectivity index is 2.63. The second kappa shape index (κ2) is 8.02. The van der Waals surface area contributed by atoms with Gasteiger partial charge in [-0.3, -0.25) is 4.79 Å². The zero-order chi connectivity index (χ0) is 15.8. The number of nitrogens with one attached hydrogen (secondary N) is 2. The van der Waals surface area contributed by atoms with Crippen LogP contribution in [-0.2, 0) is 14.3 Å². The molecule has 0 spiro atoms. The lowest BCUT2D eigenvalue weighted by atomic mass is 10.1. The van der Waals surface area contributed by atoms with Gasteiger partial charge in [0, 0.05) is 19.5 Å². The Bertz CT molecular complexity index is 534. The van der Waals surface area contributed by atoms with Crippen LogP contribution >= 0.6 is 0 Å². The normalized spacial score (nSPS) is 12.9. The van der Waals surface area contributed by atoms with E-state index < -0.39 is 12.0 Å². The minimum absolute atomic E-state index is 0.0290. The number of ether oxygens (including phenoxy) is 1. The van der Waals surface area contributed by atoms with Crippen LogP contribution in [0.25, 0.3) is 0 Å². The molecule has 0 fully saturated rings. The predicted molar refractivity (Wildman–Crippen MR) is 77.2 cm³/mol. The summed E-state index contributed by atoms with van der Waals surface area (Å²) in [6, 6.07) is 8.47. The number of hydrogen-bond donors (Lipinski definition) is 2. The van der Waals surface area contributed by atoms with E-state index in [4.69, 9.17) is 5.26 Å². The maximum Gasteiger partial charge on any atom is 0.329 e. The Morgan fingerprint density at radius 2 is 1.95 bits per heavy atom. The molecular weight excluding hydrogens is 270 g/mol. The van der Waals surface area contributed by atoms with Crippen LogP contribution in [0.1, 0.15) is 31.0 Å². The molecule has 1 rings (SSSR count). The summed E-state index contributed by atoms with van der Waals surface area (Å²) in [4.78, 5) is 22.6. The third-order valence-electron chi connectivity index (χ3n) is 3.03. The van der Waals surface area contributed by atoms with Crippen molar-refractivity contribution in [3.05, 3.63) is 35.4 Å². The molecule has 0 heterocycles. The van der Waals surface area contributed by atoms with Gasteiger partial charge in [-0.1, -0.05) is 12.1 Å². The Hall–Kier alpha value is -2.39. The second-order valence-corrected chi connectivity index (χ2v) is 4.64. The summed E-state index contributed by atoms with van der Waals surface area (Å²) in [5.74, 6) is -0.789. The molecular formula is C15H19N3O3. The van der Waals surface area contributed by atoms with Crippen LogP contribution in [0.3, 0.4) is 0 Å². The summed E-state index contributed by atoms with van der Waals surface area (Å²) in [5, 5.41) is 14.5. The third-order valence-corrected chi connectivity index (χ3v) is 3.03. The van der Waals surface area contributed by atoms with E-state index in [0.717, 1.165) is 5.56 Å². The van der Waals surface area contributed by atoms with Crippen LogP contribution in [0.4, 0.5) is 0 Å².